The van der Waals surface area contributed by atoms with Gasteiger partial charge in [0.2, 0.25) is 5.91 Å². The van der Waals surface area contributed by atoms with Gasteiger partial charge in [0, 0.05) is 17.9 Å². The van der Waals surface area contributed by atoms with Crippen LogP contribution in [0.2, 0.25) is 5.02 Å². The summed E-state index contributed by atoms with van der Waals surface area (Å²) in [6.07, 6.45) is 2.26. The summed E-state index contributed by atoms with van der Waals surface area (Å²) in [5.41, 5.74) is 1.12. The molecule has 1 N–H and O–H groups in total. The summed E-state index contributed by atoms with van der Waals surface area (Å²) in [5, 5.41) is 3.66. The van der Waals surface area contributed by atoms with Gasteiger partial charge in [-0.05, 0) is 48.4 Å². The predicted octanol–water partition coefficient (Wildman–Crippen LogP) is 4.14. The van der Waals surface area contributed by atoms with Crippen LogP contribution in [0.15, 0.2) is 48.5 Å². The number of carbonyl (C=O) groups is 1. The molecule has 1 heterocycles. The maximum Gasteiger partial charge on any atom is 0.220 e. The fourth-order valence-corrected chi connectivity index (χ4v) is 2.76. The van der Waals surface area contributed by atoms with E-state index in [-0.39, 0.29) is 11.9 Å². The van der Waals surface area contributed by atoms with E-state index in [1.165, 1.54) is 0 Å². The van der Waals surface area contributed by atoms with E-state index in [4.69, 9.17) is 21.1 Å². The zero-order valence-electron chi connectivity index (χ0n) is 13.3. The average molecular weight is 346 g/mol. The second-order valence-corrected chi connectivity index (χ2v) is 6.17. The van der Waals surface area contributed by atoms with Gasteiger partial charge in [-0.25, -0.2) is 0 Å². The van der Waals surface area contributed by atoms with Gasteiger partial charge in [0.1, 0.15) is 11.5 Å². The molecule has 0 radical (unpaired) electrons. The first kappa shape index (κ1) is 16.7. The van der Waals surface area contributed by atoms with Crippen molar-refractivity contribution in [2.45, 2.75) is 25.3 Å². The first-order valence-corrected chi connectivity index (χ1v) is 8.49. The molecular weight excluding hydrogens is 326 g/mol. The van der Waals surface area contributed by atoms with Gasteiger partial charge in [-0.2, -0.15) is 0 Å². The molecule has 0 spiro atoms. The number of carbonyl (C=O) groups excluding carboxylic acids is 1. The number of halogens is 1. The molecule has 1 unspecified atom stereocenters. The van der Waals surface area contributed by atoms with Crippen molar-refractivity contribution in [2.75, 3.05) is 13.2 Å². The second-order valence-electron chi connectivity index (χ2n) is 5.73. The van der Waals surface area contributed by atoms with E-state index in [2.05, 4.69) is 5.32 Å². The highest BCUT2D eigenvalue weighted by molar-refractivity contribution is 6.30. The standard InChI is InChI=1S/C19H20ClNO3/c20-15-4-8-17(9-5-15)24-13-1-12-23-16-6-2-14(3-7-16)18-10-11-19(22)21-18/h2-9,18H,1,10-13H2,(H,21,22). The van der Waals surface area contributed by atoms with Gasteiger partial charge < -0.3 is 14.8 Å². The van der Waals surface area contributed by atoms with Crippen LogP contribution in [-0.2, 0) is 4.79 Å². The van der Waals surface area contributed by atoms with Crippen LogP contribution in [0.5, 0.6) is 11.5 Å². The molecule has 3 rings (SSSR count). The molecule has 126 valence electrons. The zero-order chi connectivity index (χ0) is 16.8. The molecular formula is C19H20ClNO3. The lowest BCUT2D eigenvalue weighted by atomic mass is 10.1. The highest BCUT2D eigenvalue weighted by Gasteiger charge is 2.21. The molecule has 5 heteroatoms. The molecule has 1 aliphatic rings. The van der Waals surface area contributed by atoms with Gasteiger partial charge in [0.15, 0.2) is 0 Å². The minimum Gasteiger partial charge on any atom is -0.493 e. The Kier molecular flexibility index (Phi) is 5.59. The lowest BCUT2D eigenvalue weighted by molar-refractivity contribution is -0.119. The Morgan fingerprint density at radius 3 is 2.08 bits per heavy atom. The Balaban J connectivity index is 1.37. The maximum atomic E-state index is 11.3. The van der Waals surface area contributed by atoms with Crippen LogP contribution in [0, 0.1) is 0 Å². The number of rotatable bonds is 7. The number of hydrogen-bond acceptors (Lipinski definition) is 3. The third-order valence-electron chi connectivity index (χ3n) is 3.92. The summed E-state index contributed by atoms with van der Waals surface area (Å²) in [6.45, 7) is 1.18. The lowest BCUT2D eigenvalue weighted by Crippen LogP contribution is -2.18. The molecule has 4 nitrogen and oxygen atoms in total. The van der Waals surface area contributed by atoms with Crippen molar-refractivity contribution in [3.63, 3.8) is 0 Å². The summed E-state index contributed by atoms with van der Waals surface area (Å²) in [6, 6.07) is 15.4. The number of nitrogens with one attached hydrogen (secondary N) is 1. The van der Waals surface area contributed by atoms with Crippen molar-refractivity contribution in [2.24, 2.45) is 0 Å². The van der Waals surface area contributed by atoms with E-state index in [0.29, 0.717) is 24.7 Å². The van der Waals surface area contributed by atoms with E-state index in [0.717, 1.165) is 29.9 Å². The van der Waals surface area contributed by atoms with Crippen molar-refractivity contribution in [1.82, 2.24) is 5.32 Å². The molecule has 1 aliphatic heterocycles. The third kappa shape index (κ3) is 4.65. The van der Waals surface area contributed by atoms with Crippen molar-refractivity contribution in [3.05, 3.63) is 59.1 Å². The second kappa shape index (κ2) is 8.06. The Bertz CT molecular complexity index is 670. The molecule has 24 heavy (non-hydrogen) atoms. The third-order valence-corrected chi connectivity index (χ3v) is 4.17. The molecule has 1 fully saturated rings. The van der Waals surface area contributed by atoms with Crippen molar-refractivity contribution >= 4 is 17.5 Å². The first-order valence-electron chi connectivity index (χ1n) is 8.11. The van der Waals surface area contributed by atoms with E-state index in [1.807, 2.05) is 48.5 Å². The maximum absolute atomic E-state index is 11.3. The van der Waals surface area contributed by atoms with Crippen LogP contribution in [-0.4, -0.2) is 19.1 Å². The number of hydrogen-bond donors (Lipinski definition) is 1. The predicted molar refractivity (Wildman–Crippen MR) is 93.6 cm³/mol. The SMILES string of the molecule is O=C1CCC(c2ccc(OCCCOc3ccc(Cl)cc3)cc2)N1. The Morgan fingerprint density at radius 2 is 1.54 bits per heavy atom. The summed E-state index contributed by atoms with van der Waals surface area (Å²) in [4.78, 5) is 11.3. The molecule has 0 aromatic heterocycles. The minimum atomic E-state index is 0.126. The normalized spacial score (nSPS) is 16.7. The highest BCUT2D eigenvalue weighted by Crippen LogP contribution is 2.25. The molecule has 2 aromatic rings. The van der Waals surface area contributed by atoms with Gasteiger partial charge in [-0.15, -0.1) is 0 Å². The molecule has 0 bridgehead atoms. The monoisotopic (exact) mass is 345 g/mol. The Hall–Kier alpha value is -2.20. The molecule has 0 saturated carbocycles. The van der Waals surface area contributed by atoms with Gasteiger partial charge in [0.05, 0.1) is 19.3 Å². The van der Waals surface area contributed by atoms with E-state index in [9.17, 15) is 4.79 Å². The van der Waals surface area contributed by atoms with Crippen LogP contribution in [0.3, 0.4) is 0 Å². The Labute approximate surface area is 146 Å². The van der Waals surface area contributed by atoms with Gasteiger partial charge in [0.25, 0.3) is 0 Å². The Morgan fingerprint density at radius 1 is 0.958 bits per heavy atom. The van der Waals surface area contributed by atoms with Crippen LogP contribution >= 0.6 is 11.6 Å². The zero-order valence-corrected chi connectivity index (χ0v) is 14.1. The summed E-state index contributed by atoms with van der Waals surface area (Å²) >= 11 is 5.83. The molecule has 1 amide bonds. The van der Waals surface area contributed by atoms with Gasteiger partial charge in [-0.1, -0.05) is 23.7 Å². The summed E-state index contributed by atoms with van der Waals surface area (Å²) in [5.74, 6) is 1.76. The van der Waals surface area contributed by atoms with Crippen LogP contribution in [0.25, 0.3) is 0 Å². The van der Waals surface area contributed by atoms with Crippen molar-refractivity contribution in [1.29, 1.82) is 0 Å². The van der Waals surface area contributed by atoms with Crippen LogP contribution in [0.4, 0.5) is 0 Å². The molecule has 0 aliphatic carbocycles. The van der Waals surface area contributed by atoms with E-state index < -0.39 is 0 Å². The topological polar surface area (TPSA) is 47.6 Å². The fraction of sp³-hybridized carbons (Fsp3) is 0.316. The average Bonchev–Trinajstić information content (AvgIpc) is 3.03. The number of amides is 1. The van der Waals surface area contributed by atoms with Gasteiger partial charge >= 0.3 is 0 Å². The quantitative estimate of drug-likeness (QED) is 0.767. The molecule has 1 saturated heterocycles. The summed E-state index contributed by atoms with van der Waals surface area (Å²) in [7, 11) is 0. The van der Waals surface area contributed by atoms with E-state index >= 15 is 0 Å². The fourth-order valence-electron chi connectivity index (χ4n) is 2.63. The number of benzene rings is 2. The van der Waals surface area contributed by atoms with Crippen molar-refractivity contribution in [3.8, 4) is 11.5 Å². The largest absolute Gasteiger partial charge is 0.493 e. The van der Waals surface area contributed by atoms with Gasteiger partial charge in [-0.3, -0.25) is 4.79 Å². The van der Waals surface area contributed by atoms with Crippen molar-refractivity contribution < 1.29 is 14.3 Å². The molecule has 1 atom stereocenters. The van der Waals surface area contributed by atoms with Crippen LogP contribution in [0.1, 0.15) is 30.9 Å². The number of ether oxygens (including phenoxy) is 2. The first-order chi connectivity index (χ1) is 11.7. The lowest BCUT2D eigenvalue weighted by Gasteiger charge is -2.12. The summed E-state index contributed by atoms with van der Waals surface area (Å²) < 4.78 is 11.3. The smallest absolute Gasteiger partial charge is 0.220 e. The van der Waals surface area contributed by atoms with E-state index in [1.54, 1.807) is 0 Å². The minimum absolute atomic E-state index is 0.126. The highest BCUT2D eigenvalue weighted by atomic mass is 35.5. The molecule has 2 aromatic carbocycles. The van der Waals surface area contributed by atoms with Crippen LogP contribution < -0.4 is 14.8 Å².